The third-order valence-electron chi connectivity index (χ3n) is 4.52. The fraction of sp³-hybridized carbons (Fsp3) is 0.238. The molecule has 0 atom stereocenters. The topological polar surface area (TPSA) is 85.7 Å². The molecule has 0 aliphatic rings. The normalized spacial score (nSPS) is 11.1. The minimum absolute atomic E-state index is 0.263. The van der Waals surface area contributed by atoms with Crippen LogP contribution in [-0.4, -0.2) is 31.3 Å². The summed E-state index contributed by atoms with van der Waals surface area (Å²) < 4.78 is 7.51. The molecule has 0 saturated heterocycles. The lowest BCUT2D eigenvalue weighted by atomic mass is 10.2. The number of fused-ring (bicyclic) bond motifs is 1. The molecular formula is C21H21N5O2. The number of hydrogen-bond donors (Lipinski definition) is 1. The van der Waals surface area contributed by atoms with Gasteiger partial charge in [0, 0.05) is 6.20 Å². The van der Waals surface area contributed by atoms with Crippen LogP contribution >= 0.6 is 0 Å². The fourth-order valence-corrected chi connectivity index (χ4v) is 3.26. The van der Waals surface area contributed by atoms with E-state index in [1.54, 1.807) is 6.20 Å². The molecule has 0 bridgehead atoms. The van der Waals surface area contributed by atoms with Crippen LogP contribution < -0.4 is 10.3 Å². The molecule has 7 nitrogen and oxygen atoms in total. The van der Waals surface area contributed by atoms with Crippen molar-refractivity contribution in [1.82, 2.24) is 24.7 Å². The Bertz CT molecular complexity index is 1160. The molecule has 1 N–H and O–H groups in total. The number of hydrogen-bond acceptors (Lipinski definition) is 5. The van der Waals surface area contributed by atoms with Crippen molar-refractivity contribution in [2.75, 3.05) is 6.61 Å². The second kappa shape index (κ2) is 7.64. The van der Waals surface area contributed by atoms with Gasteiger partial charge in [-0.1, -0.05) is 25.1 Å². The lowest BCUT2D eigenvalue weighted by molar-refractivity contribution is 0.341. The predicted molar refractivity (Wildman–Crippen MR) is 107 cm³/mol. The molecule has 0 spiro atoms. The summed E-state index contributed by atoms with van der Waals surface area (Å²) in [5, 5.41) is 4.51. The Kier molecular flexibility index (Phi) is 4.89. The van der Waals surface area contributed by atoms with E-state index in [1.165, 1.54) is 0 Å². The standard InChI is InChI=1S/C21H21N5O2/c1-3-16-18-19(25-26(16)13-14-9-7-8-12-22-14)21(27)24-20(23-18)15-10-5-6-11-17(15)28-4-2/h5-12H,3-4,13H2,1-2H3,(H,23,24,27). The number of benzene rings is 1. The zero-order chi connectivity index (χ0) is 19.5. The number of para-hydroxylation sites is 1. The van der Waals surface area contributed by atoms with Gasteiger partial charge in [0.15, 0.2) is 5.52 Å². The summed E-state index contributed by atoms with van der Waals surface area (Å²) in [7, 11) is 0. The van der Waals surface area contributed by atoms with Crippen molar-refractivity contribution in [1.29, 1.82) is 0 Å². The van der Waals surface area contributed by atoms with E-state index in [0.29, 0.717) is 42.2 Å². The summed E-state index contributed by atoms with van der Waals surface area (Å²) in [5.41, 5.74) is 3.22. The summed E-state index contributed by atoms with van der Waals surface area (Å²) in [6.07, 6.45) is 2.45. The van der Waals surface area contributed by atoms with Crippen molar-refractivity contribution in [2.45, 2.75) is 26.8 Å². The Labute approximate surface area is 162 Å². The second-order valence-corrected chi connectivity index (χ2v) is 6.32. The van der Waals surface area contributed by atoms with Crippen LogP contribution in [0.5, 0.6) is 5.75 Å². The molecule has 3 heterocycles. The maximum absolute atomic E-state index is 12.7. The van der Waals surface area contributed by atoms with E-state index in [9.17, 15) is 4.79 Å². The molecule has 7 heteroatoms. The van der Waals surface area contributed by atoms with Gasteiger partial charge >= 0.3 is 0 Å². The van der Waals surface area contributed by atoms with E-state index in [-0.39, 0.29) is 5.56 Å². The molecule has 4 aromatic rings. The van der Waals surface area contributed by atoms with Crippen LogP contribution in [0.2, 0.25) is 0 Å². The Morgan fingerprint density at radius 2 is 1.89 bits per heavy atom. The highest BCUT2D eigenvalue weighted by Crippen LogP contribution is 2.28. The van der Waals surface area contributed by atoms with Crippen LogP contribution in [0.3, 0.4) is 0 Å². The quantitative estimate of drug-likeness (QED) is 0.559. The van der Waals surface area contributed by atoms with Gasteiger partial charge in [-0.15, -0.1) is 0 Å². The van der Waals surface area contributed by atoms with Gasteiger partial charge < -0.3 is 9.72 Å². The van der Waals surface area contributed by atoms with Gasteiger partial charge in [-0.2, -0.15) is 5.10 Å². The van der Waals surface area contributed by atoms with E-state index >= 15 is 0 Å². The first-order valence-corrected chi connectivity index (χ1v) is 9.33. The van der Waals surface area contributed by atoms with Crippen molar-refractivity contribution in [2.24, 2.45) is 0 Å². The number of aromatic amines is 1. The first-order chi connectivity index (χ1) is 13.7. The van der Waals surface area contributed by atoms with Gasteiger partial charge in [0.1, 0.15) is 17.1 Å². The number of nitrogens with one attached hydrogen (secondary N) is 1. The Hall–Kier alpha value is -3.48. The van der Waals surface area contributed by atoms with Crippen LogP contribution in [0, 0.1) is 0 Å². The van der Waals surface area contributed by atoms with Gasteiger partial charge in [-0.3, -0.25) is 14.5 Å². The molecule has 28 heavy (non-hydrogen) atoms. The zero-order valence-electron chi connectivity index (χ0n) is 15.8. The molecule has 1 aromatic carbocycles. The van der Waals surface area contributed by atoms with Gasteiger partial charge in [0.05, 0.1) is 30.1 Å². The lowest BCUT2D eigenvalue weighted by Crippen LogP contribution is -2.10. The number of H-pyrrole nitrogens is 1. The second-order valence-electron chi connectivity index (χ2n) is 6.32. The number of nitrogens with zero attached hydrogens (tertiary/aromatic N) is 4. The smallest absolute Gasteiger partial charge is 0.279 e. The number of pyridine rings is 1. The van der Waals surface area contributed by atoms with Crippen molar-refractivity contribution in [3.05, 3.63) is 70.4 Å². The number of aromatic nitrogens is 5. The highest BCUT2D eigenvalue weighted by atomic mass is 16.5. The molecule has 0 fully saturated rings. The van der Waals surface area contributed by atoms with Crippen LogP contribution in [0.25, 0.3) is 22.4 Å². The summed E-state index contributed by atoms with van der Waals surface area (Å²) in [5.74, 6) is 1.17. The van der Waals surface area contributed by atoms with E-state index in [1.807, 2.05) is 61.0 Å². The molecular weight excluding hydrogens is 354 g/mol. The fourth-order valence-electron chi connectivity index (χ4n) is 3.26. The minimum atomic E-state index is -0.263. The molecule has 0 aliphatic heterocycles. The molecule has 0 aliphatic carbocycles. The van der Waals surface area contributed by atoms with Crippen LogP contribution in [0.4, 0.5) is 0 Å². The van der Waals surface area contributed by atoms with E-state index < -0.39 is 0 Å². The maximum atomic E-state index is 12.7. The SMILES string of the molecule is CCOc1ccccc1-c1nc2c(CC)n(Cc3ccccn3)nc2c(=O)[nH]1. The molecule has 0 amide bonds. The summed E-state index contributed by atoms with van der Waals surface area (Å²) in [4.78, 5) is 24.7. The average molecular weight is 375 g/mol. The first kappa shape index (κ1) is 17.9. The Morgan fingerprint density at radius 1 is 1.07 bits per heavy atom. The summed E-state index contributed by atoms with van der Waals surface area (Å²) in [6, 6.07) is 13.3. The van der Waals surface area contributed by atoms with Gasteiger partial charge in [0.25, 0.3) is 5.56 Å². The van der Waals surface area contributed by atoms with Crippen LogP contribution in [0.1, 0.15) is 25.2 Å². The van der Waals surface area contributed by atoms with Crippen LogP contribution in [0.15, 0.2) is 53.5 Å². The van der Waals surface area contributed by atoms with Crippen molar-refractivity contribution in [3.63, 3.8) is 0 Å². The maximum Gasteiger partial charge on any atom is 0.279 e. The molecule has 0 radical (unpaired) electrons. The Balaban J connectivity index is 1.86. The summed E-state index contributed by atoms with van der Waals surface area (Å²) >= 11 is 0. The minimum Gasteiger partial charge on any atom is -0.493 e. The largest absolute Gasteiger partial charge is 0.493 e. The van der Waals surface area contributed by atoms with Gasteiger partial charge in [-0.05, 0) is 37.6 Å². The molecule has 3 aromatic heterocycles. The third-order valence-corrected chi connectivity index (χ3v) is 4.52. The molecule has 142 valence electrons. The monoisotopic (exact) mass is 375 g/mol. The number of ether oxygens (including phenoxy) is 1. The highest BCUT2D eigenvalue weighted by Gasteiger charge is 2.18. The van der Waals surface area contributed by atoms with Crippen molar-refractivity contribution in [3.8, 4) is 17.1 Å². The molecule has 0 unspecified atom stereocenters. The zero-order valence-corrected chi connectivity index (χ0v) is 15.8. The van der Waals surface area contributed by atoms with Crippen molar-refractivity contribution < 1.29 is 4.74 Å². The van der Waals surface area contributed by atoms with E-state index in [2.05, 4.69) is 15.1 Å². The predicted octanol–water partition coefficient (Wildman–Crippen LogP) is 3.19. The van der Waals surface area contributed by atoms with E-state index in [4.69, 9.17) is 9.72 Å². The molecule has 0 saturated carbocycles. The van der Waals surface area contributed by atoms with Gasteiger partial charge in [0.2, 0.25) is 0 Å². The third kappa shape index (κ3) is 3.26. The van der Waals surface area contributed by atoms with Crippen LogP contribution in [-0.2, 0) is 13.0 Å². The van der Waals surface area contributed by atoms with E-state index in [0.717, 1.165) is 17.0 Å². The first-order valence-electron chi connectivity index (χ1n) is 9.33. The highest BCUT2D eigenvalue weighted by molar-refractivity contribution is 5.79. The Morgan fingerprint density at radius 3 is 2.64 bits per heavy atom. The number of aryl methyl sites for hydroxylation is 1. The average Bonchev–Trinajstić information content (AvgIpc) is 3.07. The summed E-state index contributed by atoms with van der Waals surface area (Å²) in [6.45, 7) is 4.98. The molecule has 4 rings (SSSR count). The van der Waals surface area contributed by atoms with Crippen molar-refractivity contribution >= 4 is 11.0 Å². The lowest BCUT2D eigenvalue weighted by Gasteiger charge is -2.09. The number of rotatable bonds is 6. The van der Waals surface area contributed by atoms with Gasteiger partial charge in [-0.25, -0.2) is 4.98 Å².